The Morgan fingerprint density at radius 1 is 1.14 bits per heavy atom. The van der Waals surface area contributed by atoms with Crippen molar-refractivity contribution in [3.05, 3.63) is 51.5 Å². The van der Waals surface area contributed by atoms with E-state index in [-0.39, 0.29) is 11.8 Å². The van der Waals surface area contributed by atoms with E-state index >= 15 is 0 Å². The molecule has 1 heterocycles. The van der Waals surface area contributed by atoms with Crippen LogP contribution in [0.4, 0.5) is 0 Å². The molecule has 1 aromatic carbocycles. The summed E-state index contributed by atoms with van der Waals surface area (Å²) in [5.41, 5.74) is 4.17. The summed E-state index contributed by atoms with van der Waals surface area (Å²) in [5, 5.41) is 9.27. The number of hydrogen-bond donors (Lipinski definition) is 3. The molecular formula is C20H28N6O2S. The molecule has 0 saturated heterocycles. The summed E-state index contributed by atoms with van der Waals surface area (Å²) in [6.07, 6.45) is 0.761. The van der Waals surface area contributed by atoms with Crippen LogP contribution in [0.1, 0.15) is 31.3 Å². The highest BCUT2D eigenvalue weighted by Gasteiger charge is 2.11. The molecule has 9 heteroatoms. The molecular weight excluding hydrogens is 388 g/mol. The lowest BCUT2D eigenvalue weighted by molar-refractivity contribution is 0.0827. The van der Waals surface area contributed by atoms with Crippen LogP contribution in [0.5, 0.6) is 0 Å². The zero-order chi connectivity index (χ0) is 21.2. The second-order valence-corrected chi connectivity index (χ2v) is 7.45. The predicted molar refractivity (Wildman–Crippen MR) is 117 cm³/mol. The summed E-state index contributed by atoms with van der Waals surface area (Å²) in [7, 11) is 5.19. The third-order valence-corrected chi connectivity index (χ3v) is 5.09. The van der Waals surface area contributed by atoms with Crippen molar-refractivity contribution in [1.29, 1.82) is 0 Å². The lowest BCUT2D eigenvalue weighted by Crippen LogP contribution is -2.42. The molecule has 3 N–H and O–H groups in total. The first kappa shape index (κ1) is 22.4. The minimum absolute atomic E-state index is 0.00661. The summed E-state index contributed by atoms with van der Waals surface area (Å²) in [6, 6.07) is 7.63. The van der Waals surface area contributed by atoms with Crippen LogP contribution in [-0.2, 0) is 6.42 Å². The Bertz CT molecular complexity index is 862. The van der Waals surface area contributed by atoms with Gasteiger partial charge in [-0.3, -0.25) is 14.6 Å². The number of aliphatic imine (C=N–C) groups is 1. The Balaban J connectivity index is 1.71. The maximum absolute atomic E-state index is 12.1. The molecule has 0 spiro atoms. The molecule has 0 aliphatic carbocycles. The van der Waals surface area contributed by atoms with Gasteiger partial charge in [-0.1, -0.05) is 12.1 Å². The highest BCUT2D eigenvalue weighted by molar-refractivity contribution is 7.11. The number of nitrogens with zero attached hydrogens (tertiary/aromatic N) is 3. The van der Waals surface area contributed by atoms with Gasteiger partial charge in [0.1, 0.15) is 4.88 Å². The van der Waals surface area contributed by atoms with Crippen molar-refractivity contribution in [3.8, 4) is 0 Å². The van der Waals surface area contributed by atoms with Gasteiger partial charge in [-0.15, -0.1) is 11.3 Å². The van der Waals surface area contributed by atoms with Gasteiger partial charge < -0.3 is 20.9 Å². The van der Waals surface area contributed by atoms with E-state index in [0.29, 0.717) is 36.0 Å². The number of hydrogen-bond acceptors (Lipinski definition) is 5. The minimum Gasteiger partial charge on any atom is -0.356 e. The maximum atomic E-state index is 12.1. The molecule has 0 unspecified atom stereocenters. The third-order valence-electron chi connectivity index (χ3n) is 4.16. The van der Waals surface area contributed by atoms with Crippen LogP contribution in [0.2, 0.25) is 0 Å². The molecule has 0 aliphatic heterocycles. The number of carbonyl (C=O) groups is 2. The first-order chi connectivity index (χ1) is 13.9. The fourth-order valence-electron chi connectivity index (χ4n) is 2.62. The van der Waals surface area contributed by atoms with Gasteiger partial charge in [0.25, 0.3) is 11.8 Å². The Morgan fingerprint density at radius 3 is 2.52 bits per heavy atom. The summed E-state index contributed by atoms with van der Waals surface area (Å²) in [5.74, 6) is 0.545. The Hall–Kier alpha value is -2.94. The van der Waals surface area contributed by atoms with Crippen molar-refractivity contribution in [1.82, 2.24) is 25.8 Å². The number of rotatable bonds is 8. The van der Waals surface area contributed by atoms with Gasteiger partial charge >= 0.3 is 0 Å². The predicted octanol–water partition coefficient (Wildman–Crippen LogP) is 1.29. The topological polar surface area (TPSA) is 98.7 Å². The minimum atomic E-state index is -0.109. The first-order valence-electron chi connectivity index (χ1n) is 9.35. The third kappa shape index (κ3) is 6.86. The lowest BCUT2D eigenvalue weighted by atomic mass is 10.1. The van der Waals surface area contributed by atoms with Crippen molar-refractivity contribution in [2.45, 2.75) is 13.3 Å². The summed E-state index contributed by atoms with van der Waals surface area (Å²) in [6.45, 7) is 3.52. The number of aryl methyl sites for hydroxylation is 1. The van der Waals surface area contributed by atoms with Crippen LogP contribution >= 0.6 is 11.3 Å². The van der Waals surface area contributed by atoms with Crippen molar-refractivity contribution in [2.24, 2.45) is 4.99 Å². The molecule has 0 radical (unpaired) electrons. The lowest BCUT2D eigenvalue weighted by Gasteiger charge is -2.13. The van der Waals surface area contributed by atoms with Crippen LogP contribution in [0.15, 0.2) is 34.8 Å². The molecule has 0 bridgehead atoms. The van der Waals surface area contributed by atoms with E-state index < -0.39 is 0 Å². The van der Waals surface area contributed by atoms with Crippen LogP contribution in [0.25, 0.3) is 0 Å². The van der Waals surface area contributed by atoms with Gasteiger partial charge in [-0.25, -0.2) is 4.98 Å². The number of nitrogens with one attached hydrogen (secondary N) is 3. The van der Waals surface area contributed by atoms with Crippen molar-refractivity contribution >= 4 is 29.1 Å². The highest BCUT2D eigenvalue weighted by atomic mass is 32.1. The average Bonchev–Trinajstić information content (AvgIpc) is 3.15. The summed E-state index contributed by atoms with van der Waals surface area (Å²) < 4.78 is 0. The van der Waals surface area contributed by atoms with Gasteiger partial charge in [-0.05, 0) is 31.0 Å². The van der Waals surface area contributed by atoms with Gasteiger partial charge in [-0.2, -0.15) is 0 Å². The Kier molecular flexibility index (Phi) is 8.60. The Labute approximate surface area is 175 Å². The standard InChI is InChI=1S/C20H28N6O2S/c1-14-17(29-13-25-14)18(27)22-10-11-24-20(21-2)23-9-8-15-6-5-7-16(12-15)19(28)26(3)4/h5-7,12-13H,8-11H2,1-4H3,(H,22,27)(H2,21,23,24). The molecule has 29 heavy (non-hydrogen) atoms. The fourth-order valence-corrected chi connectivity index (χ4v) is 3.34. The van der Waals surface area contributed by atoms with Crippen LogP contribution in [0, 0.1) is 6.92 Å². The van der Waals surface area contributed by atoms with Crippen LogP contribution < -0.4 is 16.0 Å². The molecule has 0 fully saturated rings. The molecule has 0 saturated carbocycles. The van der Waals surface area contributed by atoms with E-state index in [2.05, 4.69) is 25.9 Å². The monoisotopic (exact) mass is 416 g/mol. The zero-order valence-corrected chi connectivity index (χ0v) is 18.1. The molecule has 0 atom stereocenters. The normalized spacial score (nSPS) is 11.1. The van der Waals surface area contributed by atoms with E-state index in [1.807, 2.05) is 31.2 Å². The summed E-state index contributed by atoms with van der Waals surface area (Å²) in [4.78, 5) is 34.6. The largest absolute Gasteiger partial charge is 0.356 e. The fraction of sp³-hybridized carbons (Fsp3) is 0.400. The molecule has 0 aliphatic rings. The second-order valence-electron chi connectivity index (χ2n) is 6.60. The van der Waals surface area contributed by atoms with Crippen molar-refractivity contribution < 1.29 is 9.59 Å². The number of amides is 2. The van der Waals surface area contributed by atoms with E-state index in [9.17, 15) is 9.59 Å². The molecule has 156 valence electrons. The number of thiazole rings is 1. The molecule has 2 rings (SSSR count). The number of carbonyl (C=O) groups excluding carboxylic acids is 2. The van der Waals surface area contributed by atoms with E-state index in [1.54, 1.807) is 31.6 Å². The Morgan fingerprint density at radius 2 is 1.86 bits per heavy atom. The van der Waals surface area contributed by atoms with Gasteiger partial charge in [0, 0.05) is 46.3 Å². The first-order valence-corrected chi connectivity index (χ1v) is 10.2. The number of benzene rings is 1. The van der Waals surface area contributed by atoms with E-state index in [0.717, 1.165) is 17.7 Å². The number of guanidine groups is 1. The van der Waals surface area contributed by atoms with Gasteiger partial charge in [0.05, 0.1) is 11.2 Å². The van der Waals surface area contributed by atoms with Crippen molar-refractivity contribution in [3.63, 3.8) is 0 Å². The highest BCUT2D eigenvalue weighted by Crippen LogP contribution is 2.11. The average molecular weight is 417 g/mol. The smallest absolute Gasteiger partial charge is 0.263 e. The molecule has 1 aromatic heterocycles. The van der Waals surface area contributed by atoms with Crippen molar-refractivity contribution in [2.75, 3.05) is 40.8 Å². The summed E-state index contributed by atoms with van der Waals surface area (Å²) >= 11 is 1.34. The second kappa shape index (κ2) is 11.2. The van der Waals surface area contributed by atoms with Crippen LogP contribution in [0.3, 0.4) is 0 Å². The quantitative estimate of drug-likeness (QED) is 0.342. The molecule has 8 nitrogen and oxygen atoms in total. The van der Waals surface area contributed by atoms with Gasteiger partial charge in [0.2, 0.25) is 0 Å². The van der Waals surface area contributed by atoms with E-state index in [4.69, 9.17) is 0 Å². The molecule has 2 amide bonds. The van der Waals surface area contributed by atoms with Gasteiger partial charge in [0.15, 0.2) is 5.96 Å². The number of aromatic nitrogens is 1. The zero-order valence-electron chi connectivity index (χ0n) is 17.3. The molecule has 2 aromatic rings. The SMILES string of the molecule is CN=C(NCCNC(=O)c1scnc1C)NCCc1cccc(C(=O)N(C)C)c1. The van der Waals surface area contributed by atoms with Crippen LogP contribution in [-0.4, -0.2) is 68.4 Å². The maximum Gasteiger partial charge on any atom is 0.263 e. The van der Waals surface area contributed by atoms with E-state index in [1.165, 1.54) is 11.3 Å².